The molecule has 0 aliphatic carbocycles. The second-order valence-corrected chi connectivity index (χ2v) is 8.71. The van der Waals surface area contributed by atoms with Crippen molar-refractivity contribution in [3.8, 4) is 11.1 Å². The third-order valence-electron chi connectivity index (χ3n) is 5.44. The molecule has 0 radical (unpaired) electrons. The highest BCUT2D eigenvalue weighted by Crippen LogP contribution is 2.26. The summed E-state index contributed by atoms with van der Waals surface area (Å²) in [6, 6.07) is 17.1. The molecule has 4 rings (SSSR count). The number of pyridine rings is 1. The van der Waals surface area contributed by atoms with E-state index in [1.54, 1.807) is 12.3 Å². The number of aryl methyl sites for hydroxylation is 1. The molecule has 2 heterocycles. The Kier molecular flexibility index (Phi) is 8.78. The molecule has 1 fully saturated rings. The van der Waals surface area contributed by atoms with Crippen molar-refractivity contribution in [1.82, 2.24) is 15.2 Å². The van der Waals surface area contributed by atoms with Gasteiger partial charge in [-0.3, -0.25) is 14.6 Å². The van der Waals surface area contributed by atoms with E-state index in [0.717, 1.165) is 52.8 Å². The quantitative estimate of drug-likeness (QED) is 0.459. The van der Waals surface area contributed by atoms with E-state index in [1.807, 2.05) is 74.2 Å². The van der Waals surface area contributed by atoms with E-state index in [-0.39, 0.29) is 11.8 Å². The number of halogens is 1. The molecule has 1 N–H and O–H groups in total. The van der Waals surface area contributed by atoms with Gasteiger partial charge in [-0.2, -0.15) is 0 Å². The van der Waals surface area contributed by atoms with Crippen molar-refractivity contribution >= 4 is 27.7 Å². The SMILES string of the molecule is CC.Cc1ccc(CNC(=O)c2cc(C(=O)N3CCCC3)cc(-c3ccc(Br)cc3)c2)cn1. The molecule has 33 heavy (non-hydrogen) atoms. The number of hydrogen-bond donors (Lipinski definition) is 1. The number of carbonyl (C=O) groups is 2. The number of nitrogens with one attached hydrogen (secondary N) is 1. The lowest BCUT2D eigenvalue weighted by molar-refractivity contribution is 0.0793. The monoisotopic (exact) mass is 507 g/mol. The summed E-state index contributed by atoms with van der Waals surface area (Å²) >= 11 is 3.46. The van der Waals surface area contributed by atoms with Crippen LogP contribution in [0.15, 0.2) is 65.3 Å². The maximum absolute atomic E-state index is 13.0. The molecule has 1 aromatic heterocycles. The van der Waals surface area contributed by atoms with Crippen LogP contribution in [-0.2, 0) is 6.54 Å². The zero-order valence-corrected chi connectivity index (χ0v) is 21.0. The van der Waals surface area contributed by atoms with Crippen LogP contribution >= 0.6 is 15.9 Å². The van der Waals surface area contributed by atoms with E-state index < -0.39 is 0 Å². The smallest absolute Gasteiger partial charge is 0.253 e. The van der Waals surface area contributed by atoms with Crippen molar-refractivity contribution in [2.75, 3.05) is 13.1 Å². The Morgan fingerprint density at radius 2 is 1.61 bits per heavy atom. The van der Waals surface area contributed by atoms with Gasteiger partial charge in [0, 0.05) is 47.1 Å². The lowest BCUT2D eigenvalue weighted by Crippen LogP contribution is -2.28. The molecule has 0 spiro atoms. The van der Waals surface area contributed by atoms with E-state index in [1.165, 1.54) is 0 Å². The van der Waals surface area contributed by atoms with Crippen molar-refractivity contribution in [3.63, 3.8) is 0 Å². The fraction of sp³-hybridized carbons (Fsp3) is 0.296. The lowest BCUT2D eigenvalue weighted by atomic mass is 9.98. The fourth-order valence-electron chi connectivity index (χ4n) is 3.68. The molecule has 1 aliphatic rings. The molecule has 6 heteroatoms. The maximum atomic E-state index is 13.0. The van der Waals surface area contributed by atoms with E-state index in [0.29, 0.717) is 17.7 Å². The Hall–Kier alpha value is -2.99. The van der Waals surface area contributed by atoms with Gasteiger partial charge in [0.1, 0.15) is 0 Å². The number of aromatic nitrogens is 1. The first-order valence-electron chi connectivity index (χ1n) is 11.4. The Balaban J connectivity index is 0.00000149. The number of rotatable bonds is 5. The van der Waals surface area contributed by atoms with Crippen LogP contribution in [0.1, 0.15) is 58.7 Å². The standard InChI is InChI=1S/C25H24BrN3O2.C2H6/c1-17-4-5-18(15-27-17)16-28-24(30)21-12-20(19-6-8-23(26)9-7-19)13-22(14-21)25(31)29-10-2-3-11-29;1-2/h4-9,12-15H,2-3,10-11,16H2,1H3,(H,28,30);1-2H3. The molecular weight excluding hydrogens is 478 g/mol. The summed E-state index contributed by atoms with van der Waals surface area (Å²) in [4.78, 5) is 32.1. The molecule has 2 aromatic carbocycles. The van der Waals surface area contributed by atoms with Crippen molar-refractivity contribution in [3.05, 3.63) is 87.7 Å². The molecule has 0 unspecified atom stereocenters. The second-order valence-electron chi connectivity index (χ2n) is 7.80. The zero-order chi connectivity index (χ0) is 23.8. The van der Waals surface area contributed by atoms with Gasteiger partial charge in [0.25, 0.3) is 11.8 Å². The lowest BCUT2D eigenvalue weighted by Gasteiger charge is -2.17. The van der Waals surface area contributed by atoms with Gasteiger partial charge >= 0.3 is 0 Å². The molecule has 3 aromatic rings. The Labute approximate surface area is 204 Å². The average Bonchev–Trinajstić information content (AvgIpc) is 3.39. The first kappa shape index (κ1) is 24.6. The number of hydrogen-bond acceptors (Lipinski definition) is 3. The van der Waals surface area contributed by atoms with Crippen LogP contribution in [0.2, 0.25) is 0 Å². The van der Waals surface area contributed by atoms with E-state index in [4.69, 9.17) is 0 Å². The van der Waals surface area contributed by atoms with Crippen LogP contribution in [0.3, 0.4) is 0 Å². The van der Waals surface area contributed by atoms with Crippen LogP contribution < -0.4 is 5.32 Å². The summed E-state index contributed by atoms with van der Waals surface area (Å²) in [7, 11) is 0. The largest absolute Gasteiger partial charge is 0.348 e. The van der Waals surface area contributed by atoms with Gasteiger partial charge in [-0.05, 0) is 72.9 Å². The van der Waals surface area contributed by atoms with E-state index in [2.05, 4.69) is 26.2 Å². The van der Waals surface area contributed by atoms with Crippen LogP contribution in [0.25, 0.3) is 11.1 Å². The molecule has 172 valence electrons. The van der Waals surface area contributed by atoms with Crippen molar-refractivity contribution < 1.29 is 9.59 Å². The molecule has 5 nitrogen and oxygen atoms in total. The number of benzene rings is 2. The highest BCUT2D eigenvalue weighted by molar-refractivity contribution is 9.10. The van der Waals surface area contributed by atoms with Gasteiger partial charge in [-0.25, -0.2) is 0 Å². The molecule has 0 saturated carbocycles. The van der Waals surface area contributed by atoms with Crippen LogP contribution in [0.4, 0.5) is 0 Å². The fourth-order valence-corrected chi connectivity index (χ4v) is 3.95. The Morgan fingerprint density at radius 1 is 0.939 bits per heavy atom. The minimum absolute atomic E-state index is 0.0201. The number of nitrogens with zero attached hydrogens (tertiary/aromatic N) is 2. The normalized spacial score (nSPS) is 12.7. The number of likely N-dealkylation sites (tertiary alicyclic amines) is 1. The average molecular weight is 508 g/mol. The minimum Gasteiger partial charge on any atom is -0.348 e. The summed E-state index contributed by atoms with van der Waals surface area (Å²) < 4.78 is 0.977. The van der Waals surface area contributed by atoms with Gasteiger partial charge < -0.3 is 10.2 Å². The summed E-state index contributed by atoms with van der Waals surface area (Å²) in [6.45, 7) is 7.84. The molecular formula is C27H30BrN3O2. The van der Waals surface area contributed by atoms with Crippen LogP contribution in [-0.4, -0.2) is 34.8 Å². The number of carbonyl (C=O) groups excluding carboxylic acids is 2. The summed E-state index contributed by atoms with van der Waals surface area (Å²) in [6.07, 6.45) is 3.81. The third-order valence-corrected chi connectivity index (χ3v) is 5.97. The molecule has 0 atom stereocenters. The summed E-state index contributed by atoms with van der Waals surface area (Å²) in [5.74, 6) is -0.233. The Bertz CT molecular complexity index is 1090. The van der Waals surface area contributed by atoms with Gasteiger partial charge in [0.05, 0.1) is 0 Å². The minimum atomic E-state index is -0.213. The molecule has 1 saturated heterocycles. The van der Waals surface area contributed by atoms with Crippen molar-refractivity contribution in [1.29, 1.82) is 0 Å². The van der Waals surface area contributed by atoms with Gasteiger partial charge in [-0.15, -0.1) is 0 Å². The van der Waals surface area contributed by atoms with Gasteiger partial charge in [0.15, 0.2) is 0 Å². The first-order chi connectivity index (χ1) is 16.0. The zero-order valence-electron chi connectivity index (χ0n) is 19.4. The summed E-state index contributed by atoms with van der Waals surface area (Å²) in [5.41, 5.74) is 4.68. The van der Waals surface area contributed by atoms with Gasteiger partial charge in [0.2, 0.25) is 0 Å². The second kappa shape index (κ2) is 11.8. The van der Waals surface area contributed by atoms with E-state index in [9.17, 15) is 9.59 Å². The van der Waals surface area contributed by atoms with Crippen LogP contribution in [0.5, 0.6) is 0 Å². The maximum Gasteiger partial charge on any atom is 0.253 e. The summed E-state index contributed by atoms with van der Waals surface area (Å²) in [5, 5.41) is 2.95. The Morgan fingerprint density at radius 3 is 2.24 bits per heavy atom. The molecule has 1 aliphatic heterocycles. The third kappa shape index (κ3) is 6.51. The first-order valence-corrected chi connectivity index (χ1v) is 12.2. The van der Waals surface area contributed by atoms with E-state index >= 15 is 0 Å². The predicted octanol–water partition coefficient (Wildman–Crippen LogP) is 6.01. The predicted molar refractivity (Wildman–Crippen MR) is 136 cm³/mol. The molecule has 2 amide bonds. The molecule has 0 bridgehead atoms. The highest BCUT2D eigenvalue weighted by Gasteiger charge is 2.21. The highest BCUT2D eigenvalue weighted by atomic mass is 79.9. The topological polar surface area (TPSA) is 62.3 Å². The number of amides is 2. The van der Waals surface area contributed by atoms with Crippen molar-refractivity contribution in [2.24, 2.45) is 0 Å². The van der Waals surface area contributed by atoms with Crippen molar-refractivity contribution in [2.45, 2.75) is 40.2 Å². The van der Waals surface area contributed by atoms with Gasteiger partial charge in [-0.1, -0.05) is 48.0 Å². The van der Waals surface area contributed by atoms with Crippen LogP contribution in [0, 0.1) is 6.92 Å².